The highest BCUT2D eigenvalue weighted by atomic mass is 15.0. The molecule has 382 valence electrons. The number of fused-ring (bicyclic) bond motifs is 9. The predicted molar refractivity (Wildman–Crippen MR) is 331 cm³/mol. The molecule has 0 aliphatic carbocycles. The molecule has 0 atom stereocenters. The first-order valence-corrected chi connectivity index (χ1v) is 27.1. The Hall–Kier alpha value is -12.1. The van der Waals surface area contributed by atoms with Crippen LogP contribution in [0.1, 0.15) is 22.3 Å². The van der Waals surface area contributed by atoms with E-state index in [0.29, 0.717) is 61.7 Å². The van der Waals surface area contributed by atoms with Gasteiger partial charge in [-0.3, -0.25) is 0 Å². The van der Waals surface area contributed by atoms with Crippen LogP contribution in [0.25, 0.3) is 139 Å². The third-order valence-corrected chi connectivity index (χ3v) is 16.0. The zero-order valence-corrected chi connectivity index (χ0v) is 44.2. The molecule has 0 amide bonds. The maximum absolute atomic E-state index is 10.7. The van der Waals surface area contributed by atoms with Crippen molar-refractivity contribution in [2.24, 2.45) is 0 Å². The lowest BCUT2D eigenvalue weighted by molar-refractivity contribution is 1.16. The minimum absolute atomic E-state index is 0.321. The van der Waals surface area contributed by atoms with E-state index in [1.54, 1.807) is 54.6 Å². The first kappa shape index (κ1) is 48.0. The van der Waals surface area contributed by atoms with Gasteiger partial charge in [-0.15, -0.1) is 0 Å². The molecule has 0 N–H and O–H groups in total. The summed E-state index contributed by atoms with van der Waals surface area (Å²) in [5.74, 6) is 0.331. The molecule has 0 radical (unpaired) electrons. The lowest BCUT2D eigenvalue weighted by Gasteiger charge is -2.13. The smallest absolute Gasteiger partial charge is 0.160 e. The Bertz CT molecular complexity index is 5020. The van der Waals surface area contributed by atoms with Crippen LogP contribution in [0, 0.1) is 45.3 Å². The lowest BCUT2D eigenvalue weighted by atomic mass is 9.92. The fourth-order valence-corrected chi connectivity index (χ4v) is 12.2. The molecule has 0 aliphatic heterocycles. The second-order valence-corrected chi connectivity index (χ2v) is 20.6. The summed E-state index contributed by atoms with van der Waals surface area (Å²) < 4.78 is 7.13. The molecule has 4 aromatic heterocycles. The van der Waals surface area contributed by atoms with Gasteiger partial charge in [-0.25, -0.2) is 9.97 Å². The van der Waals surface area contributed by atoms with Crippen molar-refractivity contribution in [2.45, 2.75) is 0 Å². The summed E-state index contributed by atoms with van der Waals surface area (Å²) in [5.41, 5.74) is 17.7. The maximum atomic E-state index is 10.7. The van der Waals surface area contributed by atoms with Crippen molar-refractivity contribution in [1.29, 1.82) is 21.0 Å². The monoisotopic (exact) mass is 1060 g/mol. The van der Waals surface area contributed by atoms with Crippen LogP contribution in [-0.4, -0.2) is 23.7 Å². The van der Waals surface area contributed by atoms with Crippen LogP contribution in [0.2, 0.25) is 0 Å². The molecule has 0 fully saturated rings. The normalized spacial score (nSPS) is 11.3. The largest absolute Gasteiger partial charge is 0.309 e. The van der Waals surface area contributed by atoms with Gasteiger partial charge in [0.2, 0.25) is 0 Å². The molecule has 0 saturated heterocycles. The van der Waals surface area contributed by atoms with Gasteiger partial charge in [-0.1, -0.05) is 133 Å². The first-order valence-electron chi connectivity index (χ1n) is 27.1. The van der Waals surface area contributed by atoms with Crippen LogP contribution in [0.15, 0.2) is 249 Å². The summed E-state index contributed by atoms with van der Waals surface area (Å²) in [5, 5.41) is 48.0. The average Bonchev–Trinajstić information content (AvgIpc) is 4.42. The van der Waals surface area contributed by atoms with Gasteiger partial charge in [-0.2, -0.15) is 21.0 Å². The number of nitriles is 4. The van der Waals surface area contributed by atoms with Gasteiger partial charge in [0.25, 0.3) is 0 Å². The molecule has 0 saturated carbocycles. The minimum atomic E-state index is 0.321. The summed E-state index contributed by atoms with van der Waals surface area (Å²) in [6, 6.07) is 93.4. The molecule has 4 heterocycles. The summed E-state index contributed by atoms with van der Waals surface area (Å²) in [6.45, 7) is 0. The topological polar surface area (TPSA) is 136 Å². The molecule has 0 unspecified atom stereocenters. The molecule has 11 aromatic carbocycles. The zero-order valence-electron chi connectivity index (χ0n) is 44.2. The van der Waals surface area contributed by atoms with E-state index in [2.05, 4.69) is 196 Å². The Morgan fingerprint density at radius 2 is 0.663 bits per heavy atom. The fraction of sp³-hybridized carbons (Fsp3) is 0. The number of nitrogens with zero attached hydrogens (tertiary/aromatic N) is 9. The van der Waals surface area contributed by atoms with Crippen LogP contribution >= 0.6 is 0 Å². The van der Waals surface area contributed by atoms with Crippen molar-refractivity contribution in [3.05, 3.63) is 271 Å². The van der Waals surface area contributed by atoms with Crippen molar-refractivity contribution in [3.8, 4) is 97.5 Å². The second-order valence-electron chi connectivity index (χ2n) is 20.6. The molecule has 9 heteroatoms. The third-order valence-electron chi connectivity index (χ3n) is 16.0. The standard InChI is InChI=1S/C74H41N9/c75-42-46-11-9-13-51(35-46)66-41-67(80-74(79-66)52-14-10-12-47(36-52)43-76)63-38-53(44-77)62(37-54(63)45-78)50-25-23-48(24-26-50)49-27-29-55(30-28-49)81-72-33-31-56(82-68-19-5-1-15-58(68)59-16-2-6-20-69(59)82)39-64(72)65-40-57(32-34-73(65)81)83-70-21-7-3-17-60(70)61-18-4-8-22-71(61)83/h1-41H. The predicted octanol–water partition coefficient (Wildman–Crippen LogP) is 17.6. The van der Waals surface area contributed by atoms with Crippen LogP contribution in [0.4, 0.5) is 0 Å². The summed E-state index contributed by atoms with van der Waals surface area (Å²) in [6.07, 6.45) is 0. The van der Waals surface area contributed by atoms with Crippen LogP contribution in [-0.2, 0) is 0 Å². The van der Waals surface area contributed by atoms with Crippen molar-refractivity contribution in [3.63, 3.8) is 0 Å². The summed E-state index contributed by atoms with van der Waals surface area (Å²) in [7, 11) is 0. The Labute approximate surface area is 476 Å². The quantitative estimate of drug-likeness (QED) is 0.149. The van der Waals surface area contributed by atoms with Crippen molar-refractivity contribution in [2.75, 3.05) is 0 Å². The van der Waals surface area contributed by atoms with E-state index < -0.39 is 0 Å². The SMILES string of the molecule is N#Cc1cccc(-c2cc(-c3cc(C#N)c(-c4ccc(-c5ccc(-n6c7ccc(-n8c9ccccc9c9ccccc98)cc7c7cc(-n8c9ccccc9c9ccccc98)ccc76)cc5)cc4)cc3C#N)nc(-c3cccc(C#N)c3)n2)c1. The average molecular weight is 1060 g/mol. The van der Waals surface area contributed by atoms with Gasteiger partial charge in [0, 0.05) is 71.6 Å². The number of aromatic nitrogens is 5. The molecular formula is C74H41N9. The Balaban J connectivity index is 0.808. The number of hydrogen-bond acceptors (Lipinski definition) is 6. The molecule has 0 bridgehead atoms. The summed E-state index contributed by atoms with van der Waals surface area (Å²) in [4.78, 5) is 9.77. The van der Waals surface area contributed by atoms with Gasteiger partial charge in [0.15, 0.2) is 5.82 Å². The molecular weight excluding hydrogens is 1010 g/mol. The molecule has 15 aromatic rings. The molecule has 83 heavy (non-hydrogen) atoms. The van der Waals surface area contributed by atoms with Crippen molar-refractivity contribution < 1.29 is 0 Å². The molecule has 0 spiro atoms. The van der Waals surface area contributed by atoms with Crippen LogP contribution in [0.5, 0.6) is 0 Å². The van der Waals surface area contributed by atoms with Crippen molar-refractivity contribution >= 4 is 65.4 Å². The maximum Gasteiger partial charge on any atom is 0.160 e. The van der Waals surface area contributed by atoms with Crippen LogP contribution in [0.3, 0.4) is 0 Å². The van der Waals surface area contributed by atoms with E-state index in [4.69, 9.17) is 9.97 Å². The highest BCUT2D eigenvalue weighted by Gasteiger charge is 2.21. The van der Waals surface area contributed by atoms with E-state index in [9.17, 15) is 21.0 Å². The highest BCUT2D eigenvalue weighted by molar-refractivity contribution is 6.14. The third kappa shape index (κ3) is 7.90. The van der Waals surface area contributed by atoms with Crippen LogP contribution < -0.4 is 0 Å². The van der Waals surface area contributed by atoms with Gasteiger partial charge >= 0.3 is 0 Å². The summed E-state index contributed by atoms with van der Waals surface area (Å²) >= 11 is 0. The Kier molecular flexibility index (Phi) is 11.2. The molecule has 0 aliphatic rings. The van der Waals surface area contributed by atoms with Gasteiger partial charge in [0.1, 0.15) is 0 Å². The lowest BCUT2D eigenvalue weighted by Crippen LogP contribution is -1.99. The number of hydrogen-bond donors (Lipinski definition) is 0. The van der Waals surface area contributed by atoms with E-state index in [1.165, 1.54) is 21.5 Å². The van der Waals surface area contributed by atoms with Crippen molar-refractivity contribution in [1.82, 2.24) is 23.7 Å². The Morgan fingerprint density at radius 3 is 1.17 bits per heavy atom. The van der Waals surface area contributed by atoms with E-state index >= 15 is 0 Å². The van der Waals surface area contributed by atoms with Gasteiger partial charge < -0.3 is 13.7 Å². The number of benzene rings is 11. The van der Waals surface area contributed by atoms with E-state index in [-0.39, 0.29) is 0 Å². The van der Waals surface area contributed by atoms with E-state index in [1.807, 2.05) is 36.4 Å². The molecule has 9 nitrogen and oxygen atoms in total. The first-order chi connectivity index (χ1) is 40.9. The minimum Gasteiger partial charge on any atom is -0.309 e. The zero-order chi connectivity index (χ0) is 55.7. The van der Waals surface area contributed by atoms with Gasteiger partial charge in [0.05, 0.1) is 91.0 Å². The fourth-order valence-electron chi connectivity index (χ4n) is 12.2. The second kappa shape index (κ2) is 19.3. The number of rotatable bonds is 8. The molecule has 15 rings (SSSR count). The van der Waals surface area contributed by atoms with Gasteiger partial charge in [-0.05, 0) is 132 Å². The Morgan fingerprint density at radius 1 is 0.265 bits per heavy atom. The number of para-hydroxylation sites is 4. The van der Waals surface area contributed by atoms with E-state index in [0.717, 1.165) is 77.6 Å². The highest BCUT2D eigenvalue weighted by Crippen LogP contribution is 2.41.